The van der Waals surface area contributed by atoms with Gasteiger partial charge in [0.05, 0.1) is 18.0 Å². The molecule has 5 nitrogen and oxygen atoms in total. The van der Waals surface area contributed by atoms with Crippen molar-refractivity contribution >= 4 is 11.4 Å². The normalized spacial score (nSPS) is 19.1. The van der Waals surface area contributed by atoms with Crippen LogP contribution in [0.1, 0.15) is 34.5 Å². The highest BCUT2D eigenvalue weighted by Gasteiger charge is 2.26. The molecule has 2 aromatic rings. The third kappa shape index (κ3) is 3.23. The topological polar surface area (TPSA) is 36.7 Å². The summed E-state index contributed by atoms with van der Waals surface area (Å²) in [6.07, 6.45) is 4.48. The third-order valence-corrected chi connectivity index (χ3v) is 6.66. The molecule has 150 valence electrons. The number of rotatable bonds is 4. The van der Waals surface area contributed by atoms with Crippen LogP contribution in [0.2, 0.25) is 0 Å². The molecule has 0 aliphatic carbocycles. The maximum absolute atomic E-state index is 4.82. The predicted molar refractivity (Wildman–Crippen MR) is 118 cm³/mol. The van der Waals surface area contributed by atoms with E-state index in [1.165, 1.54) is 39.4 Å². The Morgan fingerprint density at radius 2 is 1.97 bits per heavy atom. The largest absolute Gasteiger partial charge is 0.370 e. The first-order valence-electron chi connectivity index (χ1n) is 10.6. The number of fused-ring (bicyclic) bond motifs is 2. The lowest BCUT2D eigenvalue weighted by atomic mass is 9.96. The van der Waals surface area contributed by atoms with Gasteiger partial charge in [-0.1, -0.05) is 36.9 Å². The van der Waals surface area contributed by atoms with Gasteiger partial charge in [0.15, 0.2) is 0 Å². The summed E-state index contributed by atoms with van der Waals surface area (Å²) in [6.45, 7) is 12.6. The van der Waals surface area contributed by atoms with Crippen molar-refractivity contribution in [1.29, 1.82) is 0 Å². The van der Waals surface area contributed by atoms with Crippen LogP contribution in [0.25, 0.3) is 5.70 Å². The molecular weight excluding hydrogens is 358 g/mol. The Kier molecular flexibility index (Phi) is 4.63. The Morgan fingerprint density at radius 1 is 1.10 bits per heavy atom. The molecule has 0 N–H and O–H groups in total. The Bertz CT molecular complexity index is 1030. The van der Waals surface area contributed by atoms with Crippen molar-refractivity contribution in [2.75, 3.05) is 32.7 Å². The van der Waals surface area contributed by atoms with Gasteiger partial charge < -0.3 is 4.90 Å². The molecule has 5 heteroatoms. The van der Waals surface area contributed by atoms with E-state index in [1.807, 2.05) is 11.7 Å². The zero-order chi connectivity index (χ0) is 20.0. The maximum Gasteiger partial charge on any atom is 0.0737 e. The van der Waals surface area contributed by atoms with Gasteiger partial charge in [0.1, 0.15) is 0 Å². The Morgan fingerprint density at radius 3 is 2.79 bits per heavy atom. The van der Waals surface area contributed by atoms with Crippen molar-refractivity contribution < 1.29 is 0 Å². The van der Waals surface area contributed by atoms with Crippen molar-refractivity contribution in [2.24, 2.45) is 12.0 Å². The molecule has 3 aliphatic rings. The van der Waals surface area contributed by atoms with Crippen molar-refractivity contribution in [3.8, 4) is 0 Å². The molecule has 0 amide bonds. The molecule has 3 aliphatic heterocycles. The SMILES string of the molecule is C=C1c2c(nn(C)c2C)CCN1CCN1CC=C(C2=NCc3ccccc32)CC1. The van der Waals surface area contributed by atoms with Crippen LogP contribution < -0.4 is 0 Å². The number of aliphatic imine (C=N–C) groups is 1. The molecule has 5 rings (SSSR count). The van der Waals surface area contributed by atoms with Gasteiger partial charge >= 0.3 is 0 Å². The Balaban J connectivity index is 1.20. The first-order valence-corrected chi connectivity index (χ1v) is 10.6. The van der Waals surface area contributed by atoms with Crippen molar-refractivity contribution in [1.82, 2.24) is 19.6 Å². The summed E-state index contributed by atoms with van der Waals surface area (Å²) in [4.78, 5) is 9.80. The molecule has 0 saturated carbocycles. The second-order valence-electron chi connectivity index (χ2n) is 8.32. The van der Waals surface area contributed by atoms with Gasteiger partial charge in [0.25, 0.3) is 0 Å². The molecule has 1 aromatic carbocycles. The summed E-state index contributed by atoms with van der Waals surface area (Å²) in [5, 5.41) is 4.65. The molecule has 0 spiro atoms. The molecule has 0 atom stereocenters. The van der Waals surface area contributed by atoms with Crippen LogP contribution in [-0.2, 0) is 20.0 Å². The van der Waals surface area contributed by atoms with Crippen molar-refractivity contribution in [3.05, 3.63) is 70.6 Å². The van der Waals surface area contributed by atoms with E-state index in [9.17, 15) is 0 Å². The average Bonchev–Trinajstić information content (AvgIpc) is 3.29. The minimum atomic E-state index is 0.833. The number of hydrogen-bond acceptors (Lipinski definition) is 4. The van der Waals surface area contributed by atoms with Gasteiger partial charge in [-0.15, -0.1) is 0 Å². The number of nitrogens with zero attached hydrogens (tertiary/aromatic N) is 5. The van der Waals surface area contributed by atoms with Crippen LogP contribution >= 0.6 is 0 Å². The Hall–Kier alpha value is -2.66. The third-order valence-electron chi connectivity index (χ3n) is 6.66. The molecule has 0 fully saturated rings. The monoisotopic (exact) mass is 387 g/mol. The second kappa shape index (κ2) is 7.30. The van der Waals surface area contributed by atoms with Crippen LogP contribution in [0.15, 0.2) is 47.5 Å². The lowest BCUT2D eigenvalue weighted by Gasteiger charge is -2.34. The van der Waals surface area contributed by atoms with Gasteiger partial charge in [-0.3, -0.25) is 14.6 Å². The van der Waals surface area contributed by atoms with Gasteiger partial charge in [0.2, 0.25) is 0 Å². The summed E-state index contributed by atoms with van der Waals surface area (Å²) >= 11 is 0. The van der Waals surface area contributed by atoms with E-state index in [1.54, 1.807) is 0 Å². The Labute approximate surface area is 173 Å². The van der Waals surface area contributed by atoms with Crippen LogP contribution in [0.3, 0.4) is 0 Å². The first-order chi connectivity index (χ1) is 14.1. The molecule has 1 aromatic heterocycles. The standard InChI is InChI=1S/C24H29N5/c1-17-23-18(2)29(13-10-22(23)26-27(17)3)15-14-28-11-8-19(9-12-28)24-21-7-5-4-6-20(21)16-25-24/h4-8H,2,9-16H2,1,3H3. The maximum atomic E-state index is 4.82. The van der Waals surface area contributed by atoms with Gasteiger partial charge in [0, 0.05) is 68.7 Å². The second-order valence-corrected chi connectivity index (χ2v) is 8.32. The first kappa shape index (κ1) is 18.4. The molecular formula is C24H29N5. The fourth-order valence-electron chi connectivity index (χ4n) is 4.81. The van der Waals surface area contributed by atoms with Crippen LogP contribution in [0, 0.1) is 6.92 Å². The van der Waals surface area contributed by atoms with E-state index < -0.39 is 0 Å². The summed E-state index contributed by atoms with van der Waals surface area (Å²) in [6, 6.07) is 8.64. The van der Waals surface area contributed by atoms with Crippen molar-refractivity contribution in [2.45, 2.75) is 26.3 Å². The number of benzene rings is 1. The number of aromatic nitrogens is 2. The van der Waals surface area contributed by atoms with E-state index in [-0.39, 0.29) is 0 Å². The minimum Gasteiger partial charge on any atom is -0.370 e. The van der Waals surface area contributed by atoms with Crippen LogP contribution in [0.4, 0.5) is 0 Å². The van der Waals surface area contributed by atoms with E-state index in [0.717, 1.165) is 57.8 Å². The quantitative estimate of drug-likeness (QED) is 0.808. The summed E-state index contributed by atoms with van der Waals surface area (Å²) in [5.74, 6) is 0. The highest BCUT2D eigenvalue weighted by Crippen LogP contribution is 2.30. The minimum absolute atomic E-state index is 0.833. The molecule has 0 saturated heterocycles. The lowest BCUT2D eigenvalue weighted by molar-refractivity contribution is 0.255. The van der Waals surface area contributed by atoms with Gasteiger partial charge in [-0.2, -0.15) is 5.10 Å². The van der Waals surface area contributed by atoms with E-state index >= 15 is 0 Å². The van der Waals surface area contributed by atoms with Crippen LogP contribution in [0.5, 0.6) is 0 Å². The zero-order valence-corrected chi connectivity index (χ0v) is 17.5. The fourth-order valence-corrected chi connectivity index (χ4v) is 4.81. The average molecular weight is 388 g/mol. The smallest absolute Gasteiger partial charge is 0.0737 e. The number of aryl methyl sites for hydroxylation is 1. The predicted octanol–water partition coefficient (Wildman–Crippen LogP) is 3.19. The highest BCUT2D eigenvalue weighted by atomic mass is 15.3. The van der Waals surface area contributed by atoms with E-state index in [4.69, 9.17) is 4.99 Å². The lowest BCUT2D eigenvalue weighted by Crippen LogP contribution is -2.39. The number of hydrogen-bond donors (Lipinski definition) is 0. The molecule has 0 unspecified atom stereocenters. The van der Waals surface area contributed by atoms with Crippen LogP contribution in [-0.4, -0.2) is 58.0 Å². The molecule has 0 radical (unpaired) electrons. The van der Waals surface area contributed by atoms with Gasteiger partial charge in [-0.05, 0) is 24.5 Å². The van der Waals surface area contributed by atoms with Gasteiger partial charge in [-0.25, -0.2) is 0 Å². The summed E-state index contributed by atoms with van der Waals surface area (Å²) < 4.78 is 1.99. The van der Waals surface area contributed by atoms with Crippen molar-refractivity contribution in [3.63, 3.8) is 0 Å². The molecule has 0 bridgehead atoms. The zero-order valence-electron chi connectivity index (χ0n) is 17.5. The molecule has 4 heterocycles. The van der Waals surface area contributed by atoms with E-state index in [0.29, 0.717) is 0 Å². The van der Waals surface area contributed by atoms with E-state index in [2.05, 4.69) is 58.7 Å². The summed E-state index contributed by atoms with van der Waals surface area (Å²) in [5.41, 5.74) is 10.2. The fraction of sp³-hybridized carbons (Fsp3) is 0.417. The highest BCUT2D eigenvalue weighted by molar-refractivity contribution is 6.14. The molecule has 29 heavy (non-hydrogen) atoms. The summed E-state index contributed by atoms with van der Waals surface area (Å²) in [7, 11) is 2.02.